The third-order valence-electron chi connectivity index (χ3n) is 2.44. The number of carbonyl (C=O) groups is 1. The lowest BCUT2D eigenvalue weighted by molar-refractivity contribution is -0.131. The van der Waals surface area contributed by atoms with E-state index in [4.69, 9.17) is 0 Å². The fourth-order valence-corrected chi connectivity index (χ4v) is 1.54. The zero-order chi connectivity index (χ0) is 13.4. The van der Waals surface area contributed by atoms with Crippen molar-refractivity contribution in [3.8, 4) is 0 Å². The average molecular weight is 227 g/mol. The van der Waals surface area contributed by atoms with Crippen LogP contribution in [0.25, 0.3) is 0 Å². The van der Waals surface area contributed by atoms with Gasteiger partial charge < -0.3 is 5.32 Å². The van der Waals surface area contributed by atoms with E-state index in [1.54, 1.807) is 0 Å². The van der Waals surface area contributed by atoms with Gasteiger partial charge in [0.1, 0.15) is 0 Å². The van der Waals surface area contributed by atoms with Crippen LogP contribution < -0.4 is 5.32 Å². The van der Waals surface area contributed by atoms with Gasteiger partial charge in [-0.2, -0.15) is 0 Å². The van der Waals surface area contributed by atoms with Crippen LogP contribution in [0.2, 0.25) is 0 Å². The van der Waals surface area contributed by atoms with Crippen molar-refractivity contribution in [1.29, 1.82) is 0 Å². The minimum atomic E-state index is -0.295. The number of nitrogens with one attached hydrogen (secondary N) is 1. The molecule has 0 aromatic rings. The number of ketones is 1. The van der Waals surface area contributed by atoms with Crippen molar-refractivity contribution >= 4 is 5.78 Å². The van der Waals surface area contributed by atoms with E-state index < -0.39 is 0 Å². The molecule has 0 amide bonds. The molecule has 1 unspecified atom stereocenters. The molecule has 1 atom stereocenters. The molecule has 0 aromatic carbocycles. The number of Topliss-reactive ketones (excluding diaryl/α,β-unsaturated/α-hetero) is 1. The molecule has 0 heterocycles. The molecule has 2 heteroatoms. The molecule has 0 bridgehead atoms. The second-order valence-electron chi connectivity index (χ2n) is 7.81. The highest BCUT2D eigenvalue weighted by Gasteiger charge is 2.38. The van der Waals surface area contributed by atoms with Crippen LogP contribution in [0.4, 0.5) is 0 Å². The summed E-state index contributed by atoms with van der Waals surface area (Å²) in [6, 6.07) is -0.104. The second kappa shape index (κ2) is 4.48. The maximum Gasteiger partial charge on any atom is 0.155 e. The number of carbonyl (C=O) groups excluding carboxylic acids is 1. The molecule has 0 spiro atoms. The van der Waals surface area contributed by atoms with Crippen LogP contribution in [0.5, 0.6) is 0 Å². The van der Waals surface area contributed by atoms with Crippen LogP contribution in [0.1, 0.15) is 62.3 Å². The first-order valence-corrected chi connectivity index (χ1v) is 6.07. The summed E-state index contributed by atoms with van der Waals surface area (Å²) < 4.78 is 0. The normalized spacial score (nSPS) is 16.1. The smallest absolute Gasteiger partial charge is 0.155 e. The second-order valence-corrected chi connectivity index (χ2v) is 7.81. The Morgan fingerprint density at radius 3 is 1.44 bits per heavy atom. The highest BCUT2D eigenvalue weighted by atomic mass is 16.1. The van der Waals surface area contributed by atoms with E-state index in [1.807, 2.05) is 20.8 Å². The molecule has 16 heavy (non-hydrogen) atoms. The highest BCUT2D eigenvalue weighted by molar-refractivity contribution is 5.89. The van der Waals surface area contributed by atoms with Crippen LogP contribution in [-0.2, 0) is 4.79 Å². The van der Waals surface area contributed by atoms with Gasteiger partial charge in [-0.1, -0.05) is 41.5 Å². The Kier molecular flexibility index (Phi) is 4.38. The van der Waals surface area contributed by atoms with Crippen LogP contribution in [0.3, 0.4) is 0 Å². The molecule has 0 fully saturated rings. The summed E-state index contributed by atoms with van der Waals surface area (Å²) in [6.45, 7) is 18.6. The van der Waals surface area contributed by atoms with Crippen molar-refractivity contribution in [2.75, 3.05) is 0 Å². The summed E-state index contributed by atoms with van der Waals surface area (Å²) in [7, 11) is 0. The third kappa shape index (κ3) is 5.11. The van der Waals surface area contributed by atoms with Gasteiger partial charge in [-0.15, -0.1) is 0 Å². The molecule has 0 aliphatic carbocycles. The Morgan fingerprint density at radius 1 is 0.875 bits per heavy atom. The van der Waals surface area contributed by atoms with Crippen molar-refractivity contribution in [3.05, 3.63) is 0 Å². The molecule has 0 saturated carbocycles. The zero-order valence-electron chi connectivity index (χ0n) is 12.5. The van der Waals surface area contributed by atoms with Gasteiger partial charge in [-0.25, -0.2) is 0 Å². The Labute approximate surface area is 101 Å². The molecule has 0 saturated heterocycles. The lowest BCUT2D eigenvalue weighted by Crippen LogP contribution is -2.56. The zero-order valence-corrected chi connectivity index (χ0v) is 12.5. The van der Waals surface area contributed by atoms with Gasteiger partial charge in [0.05, 0.1) is 6.04 Å². The molecule has 96 valence electrons. The first-order chi connectivity index (χ1) is 6.75. The van der Waals surface area contributed by atoms with Crippen molar-refractivity contribution in [3.63, 3.8) is 0 Å². The Hall–Kier alpha value is -0.370. The fraction of sp³-hybridized carbons (Fsp3) is 0.929. The van der Waals surface area contributed by atoms with E-state index in [9.17, 15) is 4.79 Å². The molecule has 1 N–H and O–H groups in total. The molecular formula is C14H29NO. The van der Waals surface area contributed by atoms with Gasteiger partial charge in [0.25, 0.3) is 0 Å². The van der Waals surface area contributed by atoms with Gasteiger partial charge in [-0.05, 0) is 26.2 Å². The molecule has 0 rings (SSSR count). The summed E-state index contributed by atoms with van der Waals surface area (Å²) in [4.78, 5) is 12.4. The first-order valence-electron chi connectivity index (χ1n) is 6.07. The molecule has 0 aromatic heterocycles. The van der Waals surface area contributed by atoms with E-state index >= 15 is 0 Å². The monoisotopic (exact) mass is 227 g/mol. The van der Waals surface area contributed by atoms with Gasteiger partial charge in [0.15, 0.2) is 5.78 Å². The minimum Gasteiger partial charge on any atom is -0.302 e. The van der Waals surface area contributed by atoms with Gasteiger partial charge >= 0.3 is 0 Å². The lowest BCUT2D eigenvalue weighted by Gasteiger charge is -2.39. The minimum absolute atomic E-state index is 0.0428. The van der Waals surface area contributed by atoms with Crippen LogP contribution in [0.15, 0.2) is 0 Å². The third-order valence-corrected chi connectivity index (χ3v) is 2.44. The number of hydrogen-bond donors (Lipinski definition) is 1. The first kappa shape index (κ1) is 15.6. The molecule has 2 nitrogen and oxygen atoms in total. The SMILES string of the molecule is CC(C)(C)NC(C(=O)C(C)(C)C)C(C)(C)C. The highest BCUT2D eigenvalue weighted by Crippen LogP contribution is 2.28. The van der Waals surface area contributed by atoms with E-state index in [2.05, 4.69) is 46.9 Å². The predicted molar refractivity (Wildman–Crippen MR) is 70.6 cm³/mol. The standard InChI is InChI=1S/C14H29NO/c1-12(2,3)10(15-14(7,8)9)11(16)13(4,5)6/h10,15H,1-9H3. The van der Waals surface area contributed by atoms with Crippen molar-refractivity contribution in [2.45, 2.75) is 73.9 Å². The van der Waals surface area contributed by atoms with Crippen molar-refractivity contribution in [1.82, 2.24) is 5.32 Å². The van der Waals surface area contributed by atoms with E-state index in [0.717, 1.165) is 0 Å². The molecule has 0 aliphatic rings. The lowest BCUT2D eigenvalue weighted by atomic mass is 9.75. The van der Waals surface area contributed by atoms with Crippen molar-refractivity contribution in [2.24, 2.45) is 10.8 Å². The summed E-state index contributed by atoms with van der Waals surface area (Å²) in [5, 5.41) is 3.45. The summed E-state index contributed by atoms with van der Waals surface area (Å²) in [5.41, 5.74) is -0.396. The largest absolute Gasteiger partial charge is 0.302 e. The van der Waals surface area contributed by atoms with Gasteiger partial charge in [0, 0.05) is 11.0 Å². The maximum absolute atomic E-state index is 12.4. The Balaban J connectivity index is 5.06. The van der Waals surface area contributed by atoms with Crippen LogP contribution >= 0.6 is 0 Å². The van der Waals surface area contributed by atoms with Crippen LogP contribution in [0, 0.1) is 10.8 Å². The quantitative estimate of drug-likeness (QED) is 0.783. The maximum atomic E-state index is 12.4. The summed E-state index contributed by atoms with van der Waals surface area (Å²) in [5.74, 6) is 0.287. The van der Waals surface area contributed by atoms with Gasteiger partial charge in [-0.3, -0.25) is 4.79 Å². The predicted octanol–water partition coefficient (Wildman–Crippen LogP) is 3.40. The van der Waals surface area contributed by atoms with Gasteiger partial charge in [0.2, 0.25) is 0 Å². The van der Waals surface area contributed by atoms with Crippen molar-refractivity contribution < 1.29 is 4.79 Å². The Bertz CT molecular complexity index is 247. The molecular weight excluding hydrogens is 198 g/mol. The Morgan fingerprint density at radius 2 is 1.25 bits per heavy atom. The van der Waals surface area contributed by atoms with E-state index in [1.165, 1.54) is 0 Å². The number of hydrogen-bond acceptors (Lipinski definition) is 2. The number of rotatable bonds is 2. The average Bonchev–Trinajstić information content (AvgIpc) is 1.93. The summed E-state index contributed by atoms with van der Waals surface area (Å²) >= 11 is 0. The fourth-order valence-electron chi connectivity index (χ4n) is 1.54. The van der Waals surface area contributed by atoms with Crippen LogP contribution in [-0.4, -0.2) is 17.4 Å². The summed E-state index contributed by atoms with van der Waals surface area (Å²) in [6.07, 6.45) is 0. The van der Waals surface area contributed by atoms with E-state index in [0.29, 0.717) is 0 Å². The van der Waals surface area contributed by atoms with E-state index in [-0.39, 0.29) is 28.2 Å². The molecule has 0 aliphatic heterocycles. The molecule has 0 radical (unpaired) electrons. The topological polar surface area (TPSA) is 29.1 Å².